The predicted octanol–water partition coefficient (Wildman–Crippen LogP) is 0.605. The van der Waals surface area contributed by atoms with Crippen LogP contribution in [0.4, 0.5) is 4.39 Å². The van der Waals surface area contributed by atoms with E-state index in [9.17, 15) is 22.7 Å². The number of phenolic OH excluding ortho intramolecular Hbond substituents is 1. The van der Waals surface area contributed by atoms with Gasteiger partial charge in [0.2, 0.25) is 0 Å². The summed E-state index contributed by atoms with van der Waals surface area (Å²) >= 11 is 0. The number of benzene rings is 1. The lowest BCUT2D eigenvalue weighted by molar-refractivity contribution is -0.139. The number of hydrogen-bond donors (Lipinski definition) is 2. The highest BCUT2D eigenvalue weighted by Gasteiger charge is 2.33. The van der Waals surface area contributed by atoms with Gasteiger partial charge in [-0.2, -0.15) is 0 Å². The molecule has 1 heterocycles. The second-order valence-electron chi connectivity index (χ2n) is 5.17. The van der Waals surface area contributed by atoms with Crippen molar-refractivity contribution in [3.63, 3.8) is 0 Å². The third-order valence-electron chi connectivity index (χ3n) is 3.39. The normalized spacial score (nSPS) is 20.8. The number of aliphatic carboxylic acids is 1. The zero-order valence-corrected chi connectivity index (χ0v) is 12.0. The average Bonchev–Trinajstić information content (AvgIpc) is 2.67. The Bertz CT molecular complexity index is 626. The van der Waals surface area contributed by atoms with Gasteiger partial charge in [0.05, 0.1) is 18.1 Å². The van der Waals surface area contributed by atoms with Crippen LogP contribution in [0.15, 0.2) is 18.2 Å². The summed E-state index contributed by atoms with van der Waals surface area (Å²) in [6.07, 6.45) is 0.358. The molecule has 0 aromatic heterocycles. The van der Waals surface area contributed by atoms with E-state index in [4.69, 9.17) is 5.11 Å². The Labute approximate surface area is 121 Å². The van der Waals surface area contributed by atoms with Crippen molar-refractivity contribution in [2.24, 2.45) is 0 Å². The molecule has 8 heteroatoms. The van der Waals surface area contributed by atoms with Crippen LogP contribution in [-0.4, -0.2) is 53.6 Å². The summed E-state index contributed by atoms with van der Waals surface area (Å²) in [6.45, 7) is -0.269. The van der Waals surface area contributed by atoms with Gasteiger partial charge in [-0.05, 0) is 24.1 Å². The lowest BCUT2D eigenvalue weighted by atomic mass is 10.1. The van der Waals surface area contributed by atoms with Crippen molar-refractivity contribution in [2.45, 2.75) is 19.0 Å². The van der Waals surface area contributed by atoms with Crippen molar-refractivity contribution in [1.82, 2.24) is 4.90 Å². The monoisotopic (exact) mass is 317 g/mol. The molecule has 116 valence electrons. The van der Waals surface area contributed by atoms with Gasteiger partial charge in [0, 0.05) is 18.7 Å². The molecule has 2 N–H and O–H groups in total. The Balaban J connectivity index is 2.18. The Morgan fingerprint density at radius 2 is 2.10 bits per heavy atom. The van der Waals surface area contributed by atoms with Crippen LogP contribution in [-0.2, 0) is 21.2 Å². The van der Waals surface area contributed by atoms with Gasteiger partial charge in [-0.15, -0.1) is 0 Å². The van der Waals surface area contributed by atoms with Gasteiger partial charge in [0.15, 0.2) is 9.84 Å². The molecule has 0 aliphatic carbocycles. The van der Waals surface area contributed by atoms with Gasteiger partial charge >= 0.3 is 5.97 Å². The smallest absolute Gasteiger partial charge is 0.317 e. The van der Waals surface area contributed by atoms with E-state index in [2.05, 4.69) is 0 Å². The standard InChI is InChI=1S/C13H16FNO5S/c14-10-3-9(4-12(16)5-10)6-15(7-13(17)18)11-1-2-21(19,20)8-11/h3-5,11,16H,1-2,6-8H2,(H,17,18). The molecule has 1 aliphatic heterocycles. The molecule has 1 aliphatic rings. The van der Waals surface area contributed by atoms with Crippen molar-refractivity contribution < 1.29 is 27.8 Å². The molecule has 6 nitrogen and oxygen atoms in total. The molecule has 1 saturated heterocycles. The minimum Gasteiger partial charge on any atom is -0.508 e. The Morgan fingerprint density at radius 1 is 1.38 bits per heavy atom. The van der Waals surface area contributed by atoms with Crippen molar-refractivity contribution >= 4 is 15.8 Å². The Hall–Kier alpha value is -1.67. The highest BCUT2D eigenvalue weighted by Crippen LogP contribution is 2.22. The first-order chi connectivity index (χ1) is 9.75. The van der Waals surface area contributed by atoms with E-state index >= 15 is 0 Å². The Morgan fingerprint density at radius 3 is 2.62 bits per heavy atom. The fourth-order valence-electron chi connectivity index (χ4n) is 2.51. The van der Waals surface area contributed by atoms with E-state index < -0.39 is 27.7 Å². The summed E-state index contributed by atoms with van der Waals surface area (Å²) in [6, 6.07) is 3.07. The molecule has 1 aromatic rings. The number of aromatic hydroxyl groups is 1. The summed E-state index contributed by atoms with van der Waals surface area (Å²) in [5.74, 6) is -2.03. The van der Waals surface area contributed by atoms with Crippen molar-refractivity contribution in [1.29, 1.82) is 0 Å². The van der Waals surface area contributed by atoms with Gasteiger partial charge < -0.3 is 10.2 Å². The third kappa shape index (κ3) is 4.40. The zero-order chi connectivity index (χ0) is 15.6. The van der Waals surface area contributed by atoms with Crippen LogP contribution >= 0.6 is 0 Å². The summed E-state index contributed by atoms with van der Waals surface area (Å²) in [4.78, 5) is 12.4. The van der Waals surface area contributed by atoms with Gasteiger partial charge in [-0.1, -0.05) is 0 Å². The zero-order valence-electron chi connectivity index (χ0n) is 11.2. The molecule has 0 radical (unpaired) electrons. The van der Waals surface area contributed by atoms with Crippen LogP contribution in [0, 0.1) is 5.82 Å². The van der Waals surface area contributed by atoms with Crippen molar-refractivity contribution in [3.05, 3.63) is 29.6 Å². The number of carbonyl (C=O) groups is 1. The molecule has 1 fully saturated rings. The number of carboxylic acids is 1. The van der Waals surface area contributed by atoms with Crippen LogP contribution in [0.1, 0.15) is 12.0 Å². The lowest BCUT2D eigenvalue weighted by Crippen LogP contribution is -2.39. The molecule has 1 unspecified atom stereocenters. The topological polar surface area (TPSA) is 94.9 Å². The molecular weight excluding hydrogens is 301 g/mol. The second-order valence-corrected chi connectivity index (χ2v) is 7.40. The molecule has 1 atom stereocenters. The van der Waals surface area contributed by atoms with Gasteiger partial charge in [-0.25, -0.2) is 12.8 Å². The maximum Gasteiger partial charge on any atom is 0.317 e. The molecule has 0 saturated carbocycles. The fourth-order valence-corrected chi connectivity index (χ4v) is 4.27. The summed E-state index contributed by atoms with van der Waals surface area (Å²) < 4.78 is 36.3. The highest BCUT2D eigenvalue weighted by atomic mass is 32.2. The van der Waals surface area contributed by atoms with Crippen LogP contribution in [0.3, 0.4) is 0 Å². The highest BCUT2D eigenvalue weighted by molar-refractivity contribution is 7.91. The number of phenols is 1. The third-order valence-corrected chi connectivity index (χ3v) is 5.14. The van der Waals surface area contributed by atoms with E-state index in [-0.39, 0.29) is 30.3 Å². The molecule has 2 rings (SSSR count). The van der Waals surface area contributed by atoms with E-state index in [0.717, 1.165) is 6.07 Å². The van der Waals surface area contributed by atoms with E-state index in [1.54, 1.807) is 0 Å². The van der Waals surface area contributed by atoms with Gasteiger partial charge in [0.25, 0.3) is 0 Å². The van der Waals surface area contributed by atoms with Gasteiger partial charge in [0.1, 0.15) is 11.6 Å². The Kier molecular flexibility index (Phi) is 4.48. The molecule has 0 amide bonds. The number of hydrogen-bond acceptors (Lipinski definition) is 5. The van der Waals surface area contributed by atoms with Crippen molar-refractivity contribution in [3.8, 4) is 5.75 Å². The van der Waals surface area contributed by atoms with Gasteiger partial charge in [-0.3, -0.25) is 9.69 Å². The van der Waals surface area contributed by atoms with Crippen LogP contribution in [0.5, 0.6) is 5.75 Å². The quantitative estimate of drug-likeness (QED) is 0.826. The minimum atomic E-state index is -3.14. The largest absolute Gasteiger partial charge is 0.508 e. The number of halogens is 1. The first-order valence-corrected chi connectivity index (χ1v) is 8.22. The molecule has 0 bridgehead atoms. The number of carboxylic acid groups (broad SMARTS) is 1. The first-order valence-electron chi connectivity index (χ1n) is 6.40. The number of rotatable bonds is 5. The number of sulfone groups is 1. The number of nitrogens with zero attached hydrogens (tertiary/aromatic N) is 1. The van der Waals surface area contributed by atoms with Crippen LogP contribution in [0.25, 0.3) is 0 Å². The van der Waals surface area contributed by atoms with Crippen molar-refractivity contribution in [2.75, 3.05) is 18.1 Å². The molecule has 0 spiro atoms. The van der Waals surface area contributed by atoms with E-state index in [1.807, 2.05) is 0 Å². The van der Waals surface area contributed by atoms with Crippen LogP contribution < -0.4 is 0 Å². The summed E-state index contributed by atoms with van der Waals surface area (Å²) in [5.41, 5.74) is 0.401. The average molecular weight is 317 g/mol. The first kappa shape index (κ1) is 15.7. The molecule has 21 heavy (non-hydrogen) atoms. The second kappa shape index (κ2) is 5.98. The maximum absolute atomic E-state index is 13.3. The molecular formula is C13H16FNO5S. The lowest BCUT2D eigenvalue weighted by Gasteiger charge is -2.26. The predicted molar refractivity (Wildman–Crippen MR) is 73.2 cm³/mol. The van der Waals surface area contributed by atoms with Crippen LogP contribution in [0.2, 0.25) is 0 Å². The minimum absolute atomic E-state index is 0.0299. The maximum atomic E-state index is 13.3. The summed E-state index contributed by atoms with van der Waals surface area (Å²) in [5, 5.41) is 18.3. The fraction of sp³-hybridized carbons (Fsp3) is 0.462. The summed E-state index contributed by atoms with van der Waals surface area (Å²) in [7, 11) is -3.14. The van der Waals surface area contributed by atoms with E-state index in [0.29, 0.717) is 12.0 Å². The molecule has 1 aromatic carbocycles. The SMILES string of the molecule is O=C(O)CN(Cc1cc(O)cc(F)c1)C1CCS(=O)(=O)C1. The van der Waals surface area contributed by atoms with E-state index in [1.165, 1.54) is 17.0 Å².